The van der Waals surface area contributed by atoms with Gasteiger partial charge in [-0.3, -0.25) is 5.41 Å². The van der Waals surface area contributed by atoms with Crippen LogP contribution >= 0.6 is 0 Å². The summed E-state index contributed by atoms with van der Waals surface area (Å²) in [6.07, 6.45) is 1.90. The summed E-state index contributed by atoms with van der Waals surface area (Å²) >= 11 is 0. The van der Waals surface area contributed by atoms with Crippen molar-refractivity contribution in [2.45, 2.75) is 25.3 Å². The minimum absolute atomic E-state index is 0.0601. The second-order valence-corrected chi connectivity index (χ2v) is 5.93. The third-order valence-corrected chi connectivity index (χ3v) is 4.63. The van der Waals surface area contributed by atoms with Gasteiger partial charge in [0.1, 0.15) is 5.84 Å². The van der Waals surface area contributed by atoms with Crippen LogP contribution in [0.5, 0.6) is 0 Å². The largest absolute Gasteiger partial charge is 0.386 e. The molecule has 1 saturated heterocycles. The van der Waals surface area contributed by atoms with Gasteiger partial charge in [0.05, 0.1) is 11.8 Å². The highest BCUT2D eigenvalue weighted by Crippen LogP contribution is 2.21. The zero-order valence-electron chi connectivity index (χ0n) is 9.48. The van der Waals surface area contributed by atoms with Crippen LogP contribution in [-0.4, -0.2) is 50.6 Å². The average molecular weight is 249 g/mol. The smallest absolute Gasteiger partial charge is 0.214 e. The lowest BCUT2D eigenvalue weighted by molar-refractivity contribution is 0.199. The molecule has 0 bridgehead atoms. The van der Waals surface area contributed by atoms with Crippen LogP contribution < -0.4 is 5.73 Å². The van der Waals surface area contributed by atoms with Gasteiger partial charge in [-0.1, -0.05) is 0 Å². The van der Waals surface area contributed by atoms with Gasteiger partial charge in [0, 0.05) is 20.3 Å². The van der Waals surface area contributed by atoms with E-state index in [1.165, 1.54) is 4.31 Å². The van der Waals surface area contributed by atoms with E-state index in [0.29, 0.717) is 26.0 Å². The van der Waals surface area contributed by atoms with Crippen LogP contribution in [0.3, 0.4) is 0 Å². The highest BCUT2D eigenvalue weighted by atomic mass is 32.2. The maximum Gasteiger partial charge on any atom is 0.214 e. The number of rotatable bonds is 6. The van der Waals surface area contributed by atoms with E-state index in [2.05, 4.69) is 0 Å². The summed E-state index contributed by atoms with van der Waals surface area (Å²) < 4.78 is 30.1. The van der Waals surface area contributed by atoms with Crippen molar-refractivity contribution >= 4 is 15.9 Å². The summed E-state index contributed by atoms with van der Waals surface area (Å²) in [5.41, 5.74) is 5.39. The molecule has 1 fully saturated rings. The predicted molar refractivity (Wildman–Crippen MR) is 61.9 cm³/mol. The van der Waals surface area contributed by atoms with Gasteiger partial charge in [-0.25, -0.2) is 8.42 Å². The van der Waals surface area contributed by atoms with Gasteiger partial charge >= 0.3 is 0 Å². The number of sulfonamides is 1. The van der Waals surface area contributed by atoms with Gasteiger partial charge in [0.2, 0.25) is 10.0 Å². The van der Waals surface area contributed by atoms with Crippen LogP contribution in [0, 0.1) is 5.41 Å². The fourth-order valence-electron chi connectivity index (χ4n) is 1.89. The molecule has 16 heavy (non-hydrogen) atoms. The van der Waals surface area contributed by atoms with Crippen LogP contribution in [0.1, 0.15) is 19.3 Å². The van der Waals surface area contributed by atoms with Crippen LogP contribution in [0.4, 0.5) is 0 Å². The molecule has 0 aromatic heterocycles. The van der Waals surface area contributed by atoms with Crippen molar-refractivity contribution in [3.63, 3.8) is 0 Å². The van der Waals surface area contributed by atoms with Crippen molar-refractivity contribution in [3.05, 3.63) is 0 Å². The van der Waals surface area contributed by atoms with Gasteiger partial charge in [-0.15, -0.1) is 0 Å². The van der Waals surface area contributed by atoms with Crippen molar-refractivity contribution in [1.29, 1.82) is 5.41 Å². The van der Waals surface area contributed by atoms with E-state index in [9.17, 15) is 8.42 Å². The van der Waals surface area contributed by atoms with Crippen LogP contribution in [0.25, 0.3) is 0 Å². The van der Waals surface area contributed by atoms with Crippen molar-refractivity contribution in [1.82, 2.24) is 4.31 Å². The second kappa shape index (κ2) is 5.60. The predicted octanol–water partition coefficient (Wildman–Crippen LogP) is -0.247. The monoisotopic (exact) mass is 249 g/mol. The molecular formula is C9H19N3O3S. The highest BCUT2D eigenvalue weighted by Gasteiger charge is 2.35. The van der Waals surface area contributed by atoms with E-state index in [0.717, 1.165) is 6.42 Å². The zero-order valence-corrected chi connectivity index (χ0v) is 10.3. The molecule has 0 aliphatic carbocycles. The van der Waals surface area contributed by atoms with Crippen molar-refractivity contribution in [2.24, 2.45) is 5.73 Å². The fraction of sp³-hybridized carbons (Fsp3) is 0.889. The molecule has 6 nitrogen and oxygen atoms in total. The summed E-state index contributed by atoms with van der Waals surface area (Å²) in [7, 11) is -1.75. The van der Waals surface area contributed by atoms with Crippen LogP contribution in [0.2, 0.25) is 0 Å². The first-order chi connectivity index (χ1) is 7.49. The Balaban J connectivity index is 2.63. The molecular weight excluding hydrogens is 230 g/mol. The van der Waals surface area contributed by atoms with Crippen LogP contribution in [0.15, 0.2) is 0 Å². The molecule has 0 spiro atoms. The second-order valence-electron chi connectivity index (χ2n) is 3.89. The van der Waals surface area contributed by atoms with Gasteiger partial charge in [-0.05, 0) is 19.3 Å². The number of nitrogens with one attached hydrogen (secondary N) is 1. The number of nitrogens with zero attached hydrogens (tertiary/aromatic N) is 1. The average Bonchev–Trinajstić information content (AvgIpc) is 2.66. The molecule has 1 aliphatic rings. The van der Waals surface area contributed by atoms with Crippen LogP contribution in [-0.2, 0) is 14.8 Å². The lowest BCUT2D eigenvalue weighted by Gasteiger charge is -2.22. The summed E-state index contributed by atoms with van der Waals surface area (Å²) in [6, 6.07) is -0.437. The Hall–Kier alpha value is -0.660. The number of ether oxygens (including phenoxy) is 1. The number of methoxy groups -OCH3 is 1. The maximum absolute atomic E-state index is 11.9. The Bertz CT molecular complexity index is 342. The topological polar surface area (TPSA) is 96.5 Å². The third kappa shape index (κ3) is 3.16. The molecule has 0 amide bonds. The van der Waals surface area contributed by atoms with E-state index >= 15 is 0 Å². The number of nitrogens with two attached hydrogens (primary N) is 1. The molecule has 0 saturated carbocycles. The molecule has 0 radical (unpaired) electrons. The number of hydrogen-bond acceptors (Lipinski definition) is 4. The minimum Gasteiger partial charge on any atom is -0.386 e. The summed E-state index contributed by atoms with van der Waals surface area (Å²) in [5.74, 6) is -0.00207. The first-order valence-corrected chi connectivity index (χ1v) is 6.92. The van der Waals surface area contributed by atoms with E-state index in [-0.39, 0.29) is 11.6 Å². The van der Waals surface area contributed by atoms with Gasteiger partial charge in [-0.2, -0.15) is 4.31 Å². The minimum atomic E-state index is -3.29. The van der Waals surface area contributed by atoms with Gasteiger partial charge in [0.25, 0.3) is 0 Å². The Morgan fingerprint density at radius 3 is 2.88 bits per heavy atom. The molecule has 1 unspecified atom stereocenters. The molecule has 3 N–H and O–H groups in total. The summed E-state index contributed by atoms with van der Waals surface area (Å²) in [5, 5.41) is 7.36. The first-order valence-electron chi connectivity index (χ1n) is 5.31. The molecule has 1 aliphatic heterocycles. The molecule has 7 heteroatoms. The Morgan fingerprint density at radius 1 is 1.62 bits per heavy atom. The Labute approximate surface area is 96.3 Å². The van der Waals surface area contributed by atoms with E-state index in [1.54, 1.807) is 7.11 Å². The number of hydrogen-bond donors (Lipinski definition) is 2. The normalized spacial score (nSPS) is 22.4. The Kier molecular flexibility index (Phi) is 4.69. The maximum atomic E-state index is 11.9. The van der Waals surface area contributed by atoms with E-state index in [1.807, 2.05) is 0 Å². The van der Waals surface area contributed by atoms with Crippen molar-refractivity contribution in [3.8, 4) is 0 Å². The molecule has 0 aromatic carbocycles. The molecule has 1 rings (SSSR count). The molecule has 1 heterocycles. The van der Waals surface area contributed by atoms with E-state index in [4.69, 9.17) is 15.9 Å². The van der Waals surface area contributed by atoms with Gasteiger partial charge < -0.3 is 10.5 Å². The van der Waals surface area contributed by atoms with Crippen molar-refractivity contribution < 1.29 is 13.2 Å². The summed E-state index contributed by atoms with van der Waals surface area (Å²) in [4.78, 5) is 0. The Morgan fingerprint density at radius 2 is 2.31 bits per heavy atom. The standard InChI is InChI=1S/C9H19N3O3S/c1-15-6-3-7-16(13,14)12-5-2-4-8(12)9(10)11/h8H,2-7H2,1H3,(H3,10,11). The highest BCUT2D eigenvalue weighted by molar-refractivity contribution is 7.89. The number of amidine groups is 1. The molecule has 94 valence electrons. The van der Waals surface area contributed by atoms with Gasteiger partial charge in [0.15, 0.2) is 0 Å². The zero-order chi connectivity index (χ0) is 12.2. The molecule has 1 atom stereocenters. The fourth-order valence-corrected chi connectivity index (χ4v) is 3.62. The first kappa shape index (κ1) is 13.4. The quantitative estimate of drug-likeness (QED) is 0.385. The van der Waals surface area contributed by atoms with Crippen molar-refractivity contribution in [2.75, 3.05) is 26.0 Å². The third-order valence-electron chi connectivity index (χ3n) is 2.67. The van der Waals surface area contributed by atoms with E-state index < -0.39 is 16.1 Å². The lowest BCUT2D eigenvalue weighted by atomic mass is 10.2. The SMILES string of the molecule is COCCCS(=O)(=O)N1CCCC1C(=N)N. The molecule has 0 aromatic rings. The summed E-state index contributed by atoms with van der Waals surface area (Å²) in [6.45, 7) is 0.900. The lowest BCUT2D eigenvalue weighted by Crippen LogP contribution is -2.44.